The Labute approximate surface area is 187 Å². The van der Waals surface area contributed by atoms with Crippen molar-refractivity contribution in [2.45, 2.75) is 25.4 Å². The van der Waals surface area contributed by atoms with Crippen LogP contribution in [0.1, 0.15) is 35.2 Å². The predicted octanol–water partition coefficient (Wildman–Crippen LogP) is 4.06. The molecular formula is C20H22ClF3N4O2S. The number of nitrogens with one attached hydrogen (secondary N) is 1. The van der Waals surface area contributed by atoms with Gasteiger partial charge in [0, 0.05) is 56.3 Å². The first-order chi connectivity index (χ1) is 14.8. The van der Waals surface area contributed by atoms with E-state index in [9.17, 15) is 22.8 Å². The summed E-state index contributed by atoms with van der Waals surface area (Å²) in [7, 11) is 0. The molecule has 168 valence electrons. The molecule has 3 rings (SSSR count). The van der Waals surface area contributed by atoms with Gasteiger partial charge in [-0.3, -0.25) is 9.59 Å². The van der Waals surface area contributed by atoms with Gasteiger partial charge >= 0.3 is 6.18 Å². The van der Waals surface area contributed by atoms with E-state index in [1.807, 2.05) is 5.38 Å². The summed E-state index contributed by atoms with van der Waals surface area (Å²) >= 11 is 7.49. The highest BCUT2D eigenvalue weighted by Gasteiger charge is 2.32. The van der Waals surface area contributed by atoms with Crippen LogP contribution < -0.4 is 10.2 Å². The molecule has 1 aliphatic rings. The number of thiophene rings is 1. The average Bonchev–Trinajstić information content (AvgIpc) is 3.15. The number of anilines is 1. The molecule has 0 aliphatic carbocycles. The lowest BCUT2D eigenvalue weighted by Crippen LogP contribution is -2.36. The first kappa shape index (κ1) is 23.3. The van der Waals surface area contributed by atoms with Crippen LogP contribution in [0.4, 0.5) is 19.0 Å². The smallest absolute Gasteiger partial charge is 0.354 e. The molecule has 0 radical (unpaired) electrons. The van der Waals surface area contributed by atoms with Crippen LogP contribution in [0.5, 0.6) is 0 Å². The van der Waals surface area contributed by atoms with E-state index in [2.05, 4.69) is 10.3 Å². The van der Waals surface area contributed by atoms with Crippen molar-refractivity contribution in [2.24, 2.45) is 0 Å². The van der Waals surface area contributed by atoms with Crippen molar-refractivity contribution in [3.63, 3.8) is 0 Å². The number of hydrogen-bond acceptors (Lipinski definition) is 5. The molecular weight excluding hydrogens is 453 g/mol. The minimum atomic E-state index is -4.50. The monoisotopic (exact) mass is 474 g/mol. The summed E-state index contributed by atoms with van der Waals surface area (Å²) in [5, 5.41) is 6.32. The highest BCUT2D eigenvalue weighted by Crippen LogP contribution is 2.33. The molecule has 11 heteroatoms. The SMILES string of the molecule is O=C(NCCCC(=O)N1CCCN(c2ncc(C(F)(F)F)cc2Cl)CC1)c1ccsc1. The first-order valence-corrected chi connectivity index (χ1v) is 11.1. The Morgan fingerprint density at radius 3 is 2.71 bits per heavy atom. The molecule has 0 spiro atoms. The fourth-order valence-corrected chi connectivity index (χ4v) is 4.21. The van der Waals surface area contributed by atoms with E-state index in [-0.39, 0.29) is 16.8 Å². The van der Waals surface area contributed by atoms with Crippen LogP contribution in [0.15, 0.2) is 29.1 Å². The summed E-state index contributed by atoms with van der Waals surface area (Å²) < 4.78 is 38.4. The van der Waals surface area contributed by atoms with Gasteiger partial charge < -0.3 is 15.1 Å². The zero-order chi connectivity index (χ0) is 22.4. The molecule has 31 heavy (non-hydrogen) atoms. The van der Waals surface area contributed by atoms with Crippen molar-refractivity contribution in [1.29, 1.82) is 0 Å². The van der Waals surface area contributed by atoms with Crippen LogP contribution in [0.2, 0.25) is 5.02 Å². The van der Waals surface area contributed by atoms with Crippen molar-refractivity contribution in [3.8, 4) is 0 Å². The van der Waals surface area contributed by atoms with Crippen molar-refractivity contribution in [2.75, 3.05) is 37.6 Å². The zero-order valence-corrected chi connectivity index (χ0v) is 18.2. The fraction of sp³-hybridized carbons (Fsp3) is 0.450. The number of aromatic nitrogens is 1. The maximum atomic E-state index is 12.8. The maximum absolute atomic E-state index is 12.8. The lowest BCUT2D eigenvalue weighted by Gasteiger charge is -2.24. The third-order valence-corrected chi connectivity index (χ3v) is 5.89. The van der Waals surface area contributed by atoms with Crippen LogP contribution in [-0.4, -0.2) is 54.4 Å². The number of carbonyl (C=O) groups is 2. The number of nitrogens with zero attached hydrogens (tertiary/aromatic N) is 3. The third kappa shape index (κ3) is 6.33. The van der Waals surface area contributed by atoms with Crippen molar-refractivity contribution in [3.05, 3.63) is 45.2 Å². The van der Waals surface area contributed by atoms with Gasteiger partial charge in [-0.1, -0.05) is 11.6 Å². The second kappa shape index (κ2) is 10.3. The topological polar surface area (TPSA) is 65.5 Å². The van der Waals surface area contributed by atoms with Gasteiger partial charge in [0.15, 0.2) is 0 Å². The first-order valence-electron chi connectivity index (χ1n) is 9.81. The third-order valence-electron chi connectivity index (χ3n) is 4.93. The molecule has 2 amide bonds. The van der Waals surface area contributed by atoms with E-state index in [4.69, 9.17) is 11.6 Å². The van der Waals surface area contributed by atoms with Crippen LogP contribution in [0.25, 0.3) is 0 Å². The van der Waals surface area contributed by atoms with Crippen LogP contribution in [-0.2, 0) is 11.0 Å². The number of alkyl halides is 3. The molecule has 2 aromatic heterocycles. The molecule has 0 aromatic carbocycles. The van der Waals surface area contributed by atoms with Gasteiger partial charge in [-0.15, -0.1) is 0 Å². The second-order valence-electron chi connectivity index (χ2n) is 7.12. The number of hydrogen-bond donors (Lipinski definition) is 1. The highest BCUT2D eigenvalue weighted by atomic mass is 35.5. The van der Waals surface area contributed by atoms with Gasteiger partial charge in [-0.05, 0) is 30.4 Å². The summed E-state index contributed by atoms with van der Waals surface area (Å²) in [6, 6.07) is 2.62. The summed E-state index contributed by atoms with van der Waals surface area (Å²) in [6.07, 6.45) is -2.23. The Hall–Kier alpha value is -2.33. The fourth-order valence-electron chi connectivity index (χ4n) is 3.29. The van der Waals surface area contributed by atoms with E-state index >= 15 is 0 Å². The predicted molar refractivity (Wildman–Crippen MR) is 114 cm³/mol. The number of amides is 2. The molecule has 1 fully saturated rings. The zero-order valence-electron chi connectivity index (χ0n) is 16.6. The highest BCUT2D eigenvalue weighted by molar-refractivity contribution is 7.08. The summed E-state index contributed by atoms with van der Waals surface area (Å²) in [6.45, 7) is 2.36. The minimum Gasteiger partial charge on any atom is -0.354 e. The van der Waals surface area contributed by atoms with Gasteiger partial charge in [-0.2, -0.15) is 24.5 Å². The standard InChI is InChI=1S/C20H22ClF3N4O2S/c21-16-11-15(20(22,23)24)12-26-18(16)28-7-2-6-27(8-9-28)17(29)3-1-5-25-19(30)14-4-10-31-13-14/h4,10-13H,1-3,5-9H2,(H,25,30). The molecule has 0 bridgehead atoms. The van der Waals surface area contributed by atoms with Crippen molar-refractivity contribution in [1.82, 2.24) is 15.2 Å². The van der Waals surface area contributed by atoms with Crippen LogP contribution in [0.3, 0.4) is 0 Å². The van der Waals surface area contributed by atoms with Gasteiger partial charge in [0.05, 0.1) is 10.6 Å². The Balaban J connectivity index is 1.47. The molecule has 6 nitrogen and oxygen atoms in total. The molecule has 1 aliphatic heterocycles. The molecule has 2 aromatic rings. The van der Waals surface area contributed by atoms with Crippen LogP contribution in [0, 0.1) is 0 Å². The molecule has 0 atom stereocenters. The average molecular weight is 475 g/mol. The molecule has 0 saturated carbocycles. The van der Waals surface area contributed by atoms with E-state index in [1.54, 1.807) is 21.2 Å². The van der Waals surface area contributed by atoms with Gasteiger partial charge in [0.25, 0.3) is 5.91 Å². The van der Waals surface area contributed by atoms with Gasteiger partial charge in [0.2, 0.25) is 5.91 Å². The van der Waals surface area contributed by atoms with Crippen molar-refractivity contribution < 1.29 is 22.8 Å². The lowest BCUT2D eigenvalue weighted by atomic mass is 10.2. The normalized spacial score (nSPS) is 15.0. The van der Waals surface area contributed by atoms with E-state index < -0.39 is 11.7 Å². The minimum absolute atomic E-state index is 0.0156. The number of pyridine rings is 1. The summed E-state index contributed by atoms with van der Waals surface area (Å²) in [5.41, 5.74) is -0.279. The molecule has 0 unspecified atom stereocenters. The van der Waals surface area contributed by atoms with Crippen molar-refractivity contribution >= 4 is 40.6 Å². The van der Waals surface area contributed by atoms with Gasteiger partial charge in [0.1, 0.15) is 5.82 Å². The van der Waals surface area contributed by atoms with Crippen LogP contribution >= 0.6 is 22.9 Å². The molecule has 3 heterocycles. The quantitative estimate of drug-likeness (QED) is 0.641. The van der Waals surface area contributed by atoms with E-state index in [0.717, 1.165) is 12.3 Å². The number of rotatable bonds is 6. The molecule has 1 saturated heterocycles. The van der Waals surface area contributed by atoms with E-state index in [1.165, 1.54) is 11.3 Å². The molecule has 1 N–H and O–H groups in total. The van der Waals surface area contributed by atoms with Gasteiger partial charge in [-0.25, -0.2) is 4.98 Å². The largest absolute Gasteiger partial charge is 0.417 e. The Morgan fingerprint density at radius 2 is 2.03 bits per heavy atom. The lowest BCUT2D eigenvalue weighted by molar-refractivity contribution is -0.137. The summed E-state index contributed by atoms with van der Waals surface area (Å²) in [5.74, 6) is 0.123. The second-order valence-corrected chi connectivity index (χ2v) is 8.31. The Kier molecular flexibility index (Phi) is 7.77. The maximum Gasteiger partial charge on any atom is 0.417 e. The summed E-state index contributed by atoms with van der Waals surface area (Å²) in [4.78, 5) is 31.9. The Morgan fingerprint density at radius 1 is 1.23 bits per heavy atom. The van der Waals surface area contributed by atoms with E-state index in [0.29, 0.717) is 63.4 Å². The number of halogens is 4. The number of carbonyl (C=O) groups excluding carboxylic acids is 2. The Bertz CT molecular complexity index is 908.